The first-order chi connectivity index (χ1) is 8.15. The Labute approximate surface area is 109 Å². The van der Waals surface area contributed by atoms with E-state index in [0.717, 1.165) is 0 Å². The van der Waals surface area contributed by atoms with Crippen molar-refractivity contribution in [1.29, 1.82) is 0 Å². The molecule has 0 radical (unpaired) electrons. The molecule has 17 heavy (non-hydrogen) atoms. The molecule has 0 saturated carbocycles. The van der Waals surface area contributed by atoms with Crippen LogP contribution in [0.1, 0.15) is 0 Å². The minimum atomic E-state index is -0.190. The normalized spacial score (nSPS) is 15.2. The van der Waals surface area contributed by atoms with Crippen LogP contribution in [0.5, 0.6) is 5.75 Å². The molecule has 1 fully saturated rings. The third-order valence-electron chi connectivity index (χ3n) is 2.26. The number of hydrogen-bond acceptors (Lipinski definition) is 3. The highest BCUT2D eigenvalue weighted by atomic mass is 35.5. The molecule has 1 aromatic carbocycles. The highest BCUT2D eigenvalue weighted by molar-refractivity contribution is 6.35. The van der Waals surface area contributed by atoms with E-state index in [1.807, 2.05) is 0 Å². The maximum atomic E-state index is 11.4. The summed E-state index contributed by atoms with van der Waals surface area (Å²) in [4.78, 5) is 11.4. The second-order valence-corrected chi connectivity index (χ2v) is 4.51. The van der Waals surface area contributed by atoms with Crippen LogP contribution in [0.4, 0.5) is 0 Å². The number of ether oxygens (including phenoxy) is 2. The molecule has 1 N–H and O–H groups in total. The molecule has 0 unspecified atom stereocenters. The summed E-state index contributed by atoms with van der Waals surface area (Å²) in [5, 5.41) is 3.67. The molecule has 1 aliphatic heterocycles. The van der Waals surface area contributed by atoms with Crippen LogP contribution in [-0.2, 0) is 9.53 Å². The maximum absolute atomic E-state index is 11.4. The first-order valence-electron chi connectivity index (χ1n) is 5.10. The number of rotatable bonds is 4. The van der Waals surface area contributed by atoms with Crippen molar-refractivity contribution in [3.05, 3.63) is 28.2 Å². The van der Waals surface area contributed by atoms with Crippen LogP contribution in [0.15, 0.2) is 18.2 Å². The lowest BCUT2D eigenvalue weighted by Crippen LogP contribution is -2.49. The maximum Gasteiger partial charge on any atom is 0.258 e. The Morgan fingerprint density at radius 2 is 2.24 bits per heavy atom. The summed E-state index contributed by atoms with van der Waals surface area (Å²) in [6.07, 6.45) is 0. The molecule has 0 spiro atoms. The average molecular weight is 276 g/mol. The fourth-order valence-corrected chi connectivity index (χ4v) is 1.79. The Bertz CT molecular complexity index is 421. The lowest BCUT2D eigenvalue weighted by Gasteiger charge is -2.26. The van der Waals surface area contributed by atoms with Gasteiger partial charge in [-0.25, -0.2) is 0 Å². The number of amides is 1. The molecule has 0 bridgehead atoms. The van der Waals surface area contributed by atoms with Gasteiger partial charge in [0.05, 0.1) is 24.3 Å². The molecule has 4 nitrogen and oxygen atoms in total. The minimum Gasteiger partial charge on any atom is -0.482 e. The first kappa shape index (κ1) is 12.5. The molecule has 2 rings (SSSR count). The lowest BCUT2D eigenvalue weighted by atomic mass is 10.2. The Kier molecular flexibility index (Phi) is 4.10. The van der Waals surface area contributed by atoms with Gasteiger partial charge in [0.25, 0.3) is 5.91 Å². The molecular formula is C11H11Cl2NO3. The molecule has 0 atom stereocenters. The molecule has 0 aromatic heterocycles. The summed E-state index contributed by atoms with van der Waals surface area (Å²) in [6.45, 7) is 1.05. The van der Waals surface area contributed by atoms with Gasteiger partial charge < -0.3 is 14.8 Å². The van der Waals surface area contributed by atoms with Crippen LogP contribution in [-0.4, -0.2) is 31.8 Å². The zero-order valence-corrected chi connectivity index (χ0v) is 10.4. The summed E-state index contributed by atoms with van der Waals surface area (Å²) < 4.78 is 10.2. The fraction of sp³-hybridized carbons (Fsp3) is 0.364. The third kappa shape index (κ3) is 3.49. The van der Waals surface area contributed by atoms with Gasteiger partial charge >= 0.3 is 0 Å². The Hall–Kier alpha value is -0.970. The molecule has 92 valence electrons. The van der Waals surface area contributed by atoms with Crippen molar-refractivity contribution in [2.24, 2.45) is 0 Å². The van der Waals surface area contributed by atoms with Gasteiger partial charge in [0.2, 0.25) is 0 Å². The van der Waals surface area contributed by atoms with E-state index in [2.05, 4.69) is 5.32 Å². The molecular weight excluding hydrogens is 265 g/mol. The van der Waals surface area contributed by atoms with E-state index >= 15 is 0 Å². The van der Waals surface area contributed by atoms with Gasteiger partial charge in [-0.1, -0.05) is 23.2 Å². The van der Waals surface area contributed by atoms with Crippen LogP contribution in [0.25, 0.3) is 0 Å². The summed E-state index contributed by atoms with van der Waals surface area (Å²) in [7, 11) is 0. The van der Waals surface area contributed by atoms with E-state index < -0.39 is 0 Å². The fourth-order valence-electron chi connectivity index (χ4n) is 1.32. The Morgan fingerprint density at radius 1 is 1.47 bits per heavy atom. The number of carbonyl (C=O) groups is 1. The van der Waals surface area contributed by atoms with E-state index in [0.29, 0.717) is 29.0 Å². The third-order valence-corrected chi connectivity index (χ3v) is 2.79. The molecule has 0 aliphatic carbocycles. The summed E-state index contributed by atoms with van der Waals surface area (Å²) in [5.74, 6) is 0.250. The number of hydrogen-bond donors (Lipinski definition) is 1. The quantitative estimate of drug-likeness (QED) is 0.913. The van der Waals surface area contributed by atoms with Crippen LogP contribution in [0.2, 0.25) is 10.0 Å². The van der Waals surface area contributed by atoms with Crippen LogP contribution < -0.4 is 10.1 Å². The molecule has 1 aromatic rings. The number of benzene rings is 1. The van der Waals surface area contributed by atoms with E-state index in [1.54, 1.807) is 18.2 Å². The zero-order chi connectivity index (χ0) is 12.3. The van der Waals surface area contributed by atoms with Crippen LogP contribution >= 0.6 is 23.2 Å². The molecule has 1 saturated heterocycles. The molecule has 1 aliphatic rings. The van der Waals surface area contributed by atoms with Gasteiger partial charge in [-0.3, -0.25) is 4.79 Å². The largest absolute Gasteiger partial charge is 0.482 e. The van der Waals surface area contributed by atoms with Gasteiger partial charge in [-0.2, -0.15) is 0 Å². The van der Waals surface area contributed by atoms with E-state index in [4.69, 9.17) is 32.7 Å². The van der Waals surface area contributed by atoms with Crippen molar-refractivity contribution < 1.29 is 14.3 Å². The minimum absolute atomic E-state index is 0.0716. The molecule has 6 heteroatoms. The Morgan fingerprint density at radius 3 is 2.82 bits per heavy atom. The van der Waals surface area contributed by atoms with Crippen LogP contribution in [0.3, 0.4) is 0 Å². The van der Waals surface area contributed by atoms with Crippen molar-refractivity contribution in [2.45, 2.75) is 6.04 Å². The van der Waals surface area contributed by atoms with Crippen molar-refractivity contribution in [1.82, 2.24) is 5.32 Å². The first-order valence-corrected chi connectivity index (χ1v) is 5.85. The van der Waals surface area contributed by atoms with Gasteiger partial charge in [-0.05, 0) is 18.2 Å². The summed E-state index contributed by atoms with van der Waals surface area (Å²) >= 11 is 11.6. The summed E-state index contributed by atoms with van der Waals surface area (Å²) in [6, 6.07) is 4.95. The Balaban J connectivity index is 1.82. The second-order valence-electron chi connectivity index (χ2n) is 3.67. The van der Waals surface area contributed by atoms with Gasteiger partial charge in [0, 0.05) is 5.02 Å². The van der Waals surface area contributed by atoms with Crippen molar-refractivity contribution in [3.8, 4) is 5.75 Å². The van der Waals surface area contributed by atoms with Gasteiger partial charge in [0.15, 0.2) is 6.61 Å². The lowest BCUT2D eigenvalue weighted by molar-refractivity contribution is -0.127. The topological polar surface area (TPSA) is 47.6 Å². The predicted molar refractivity (Wildman–Crippen MR) is 64.7 cm³/mol. The number of carbonyl (C=O) groups excluding carboxylic acids is 1. The summed E-state index contributed by atoms with van der Waals surface area (Å²) in [5.41, 5.74) is 0. The molecule has 1 heterocycles. The monoisotopic (exact) mass is 275 g/mol. The number of halogens is 2. The highest BCUT2D eigenvalue weighted by Gasteiger charge is 2.20. The predicted octanol–water partition coefficient (Wildman–Crippen LogP) is 1.89. The van der Waals surface area contributed by atoms with Gasteiger partial charge in [0.1, 0.15) is 5.75 Å². The van der Waals surface area contributed by atoms with Crippen molar-refractivity contribution in [3.63, 3.8) is 0 Å². The van der Waals surface area contributed by atoms with E-state index in [1.165, 1.54) is 0 Å². The number of nitrogens with one attached hydrogen (secondary N) is 1. The van der Waals surface area contributed by atoms with Gasteiger partial charge in [-0.15, -0.1) is 0 Å². The van der Waals surface area contributed by atoms with E-state index in [9.17, 15) is 4.79 Å². The van der Waals surface area contributed by atoms with Crippen LogP contribution in [0, 0.1) is 0 Å². The smallest absolute Gasteiger partial charge is 0.258 e. The second kappa shape index (κ2) is 5.58. The molecule has 1 amide bonds. The standard InChI is InChI=1S/C11H11Cl2NO3/c12-7-1-2-10(9(13)3-7)17-6-11(15)14-8-4-16-5-8/h1-3,8H,4-6H2,(H,14,15). The SMILES string of the molecule is O=C(COc1ccc(Cl)cc1Cl)NC1COC1. The van der Waals surface area contributed by atoms with Crippen molar-refractivity contribution in [2.75, 3.05) is 19.8 Å². The zero-order valence-electron chi connectivity index (χ0n) is 8.91. The average Bonchev–Trinajstić information content (AvgIpc) is 2.22. The van der Waals surface area contributed by atoms with Crippen molar-refractivity contribution >= 4 is 29.1 Å². The highest BCUT2D eigenvalue weighted by Crippen LogP contribution is 2.27. The van der Waals surface area contributed by atoms with E-state index in [-0.39, 0.29) is 18.6 Å².